The van der Waals surface area contributed by atoms with Gasteiger partial charge in [0.25, 0.3) is 0 Å². The van der Waals surface area contributed by atoms with E-state index >= 15 is 0 Å². The zero-order valence-electron chi connectivity index (χ0n) is 16.2. The molecule has 1 unspecified atom stereocenters. The largest absolute Gasteiger partial charge is 0.352 e. The Morgan fingerprint density at radius 1 is 1.25 bits per heavy atom. The highest BCUT2D eigenvalue weighted by molar-refractivity contribution is 14.0. The average molecular weight is 493 g/mol. The van der Waals surface area contributed by atoms with E-state index in [1.54, 1.807) is 38.6 Å². The van der Waals surface area contributed by atoms with Gasteiger partial charge >= 0.3 is 0 Å². The number of hydrogen-bond acceptors (Lipinski definition) is 2. The molecule has 0 radical (unpaired) electrons. The summed E-state index contributed by atoms with van der Waals surface area (Å²) in [7, 11) is 1.72. The number of aromatic nitrogens is 2. The Morgan fingerprint density at radius 3 is 2.71 bits per heavy atom. The first kappa shape index (κ1) is 21.9. The monoisotopic (exact) mass is 493 g/mol. The van der Waals surface area contributed by atoms with Gasteiger partial charge in [-0.2, -0.15) is 0 Å². The summed E-state index contributed by atoms with van der Waals surface area (Å²) in [5.41, 5.74) is 3.70. The normalized spacial score (nSPS) is 12.2. The van der Waals surface area contributed by atoms with Crippen LogP contribution in [0.15, 0.2) is 66.2 Å². The quantitative estimate of drug-likeness (QED) is 0.316. The molecule has 3 aromatic rings. The summed E-state index contributed by atoms with van der Waals surface area (Å²) in [5.74, 6) is 0.460. The Kier molecular flexibility index (Phi) is 7.98. The van der Waals surface area contributed by atoms with Crippen molar-refractivity contribution in [2.45, 2.75) is 26.4 Å². The lowest BCUT2D eigenvalue weighted by Gasteiger charge is -2.19. The van der Waals surface area contributed by atoms with Gasteiger partial charge in [0, 0.05) is 26.0 Å². The third-order valence-electron chi connectivity index (χ3n) is 4.49. The zero-order chi connectivity index (χ0) is 19.2. The lowest BCUT2D eigenvalue weighted by molar-refractivity contribution is 0.607. The van der Waals surface area contributed by atoms with Crippen molar-refractivity contribution in [3.05, 3.63) is 83.7 Å². The molecule has 0 aliphatic carbocycles. The molecule has 0 aliphatic rings. The van der Waals surface area contributed by atoms with Gasteiger partial charge < -0.3 is 15.2 Å². The lowest BCUT2D eigenvalue weighted by atomic mass is 10.1. The minimum atomic E-state index is -0.196. The highest BCUT2D eigenvalue weighted by Crippen LogP contribution is 2.17. The van der Waals surface area contributed by atoms with E-state index in [1.807, 2.05) is 42.0 Å². The maximum Gasteiger partial charge on any atom is 0.191 e. The molecule has 0 amide bonds. The maximum atomic E-state index is 13.8. The standard InChI is InChI=1S/C21H24FN5.HI/c1-15-8-9-17(12-19(15)22)16(2)26-21(23-3)25-13-18-6-4-5-7-20(18)27-11-10-24-14-27;/h4-12,14,16H,13H2,1-3H3,(H2,23,25,26);1H. The fourth-order valence-electron chi connectivity index (χ4n) is 2.85. The smallest absolute Gasteiger partial charge is 0.191 e. The molecular weight excluding hydrogens is 468 g/mol. The summed E-state index contributed by atoms with van der Waals surface area (Å²) in [6.45, 7) is 4.34. The van der Waals surface area contributed by atoms with Crippen LogP contribution in [0.2, 0.25) is 0 Å². The van der Waals surface area contributed by atoms with Crippen LogP contribution in [0.25, 0.3) is 5.69 Å². The fraction of sp³-hybridized carbons (Fsp3) is 0.238. The van der Waals surface area contributed by atoms with Gasteiger partial charge in [0.1, 0.15) is 5.82 Å². The summed E-state index contributed by atoms with van der Waals surface area (Å²) >= 11 is 0. The number of para-hydroxylation sites is 1. The predicted octanol–water partition coefficient (Wildman–Crippen LogP) is 4.36. The minimum absolute atomic E-state index is 0. The molecule has 1 aromatic heterocycles. The van der Waals surface area contributed by atoms with Crippen molar-refractivity contribution >= 4 is 29.9 Å². The zero-order valence-corrected chi connectivity index (χ0v) is 18.5. The molecule has 1 atom stereocenters. The number of aryl methyl sites for hydroxylation is 1. The van der Waals surface area contributed by atoms with E-state index in [2.05, 4.69) is 26.7 Å². The molecule has 28 heavy (non-hydrogen) atoms. The number of nitrogens with zero attached hydrogens (tertiary/aromatic N) is 3. The average Bonchev–Trinajstić information content (AvgIpc) is 3.22. The number of nitrogens with one attached hydrogen (secondary N) is 2. The van der Waals surface area contributed by atoms with Crippen LogP contribution in [0.5, 0.6) is 0 Å². The predicted molar refractivity (Wildman–Crippen MR) is 122 cm³/mol. The van der Waals surface area contributed by atoms with Gasteiger partial charge in [0.15, 0.2) is 5.96 Å². The Morgan fingerprint density at radius 2 is 2.04 bits per heavy atom. The summed E-state index contributed by atoms with van der Waals surface area (Å²) in [5, 5.41) is 6.63. The molecule has 3 rings (SSSR count). The van der Waals surface area contributed by atoms with Crippen molar-refractivity contribution < 1.29 is 4.39 Å². The second-order valence-electron chi connectivity index (χ2n) is 6.40. The second-order valence-corrected chi connectivity index (χ2v) is 6.40. The van der Waals surface area contributed by atoms with Gasteiger partial charge in [-0.3, -0.25) is 4.99 Å². The first-order chi connectivity index (χ1) is 13.1. The number of rotatable bonds is 5. The SMILES string of the molecule is CN=C(NCc1ccccc1-n1ccnc1)NC(C)c1ccc(C)c(F)c1.I. The number of guanidine groups is 1. The molecular formula is C21H25FIN5. The minimum Gasteiger partial charge on any atom is -0.352 e. The van der Waals surface area contributed by atoms with Gasteiger partial charge in [-0.1, -0.05) is 30.3 Å². The van der Waals surface area contributed by atoms with Crippen LogP contribution in [0.3, 0.4) is 0 Å². The molecule has 0 fully saturated rings. The Hall–Kier alpha value is -2.42. The van der Waals surface area contributed by atoms with Crippen LogP contribution in [0, 0.1) is 12.7 Å². The van der Waals surface area contributed by atoms with Crippen molar-refractivity contribution in [1.29, 1.82) is 0 Å². The Bertz CT molecular complexity index is 924. The molecule has 1 heterocycles. The van der Waals surface area contributed by atoms with Gasteiger partial charge in [0.05, 0.1) is 18.1 Å². The summed E-state index contributed by atoms with van der Waals surface area (Å²) in [6, 6.07) is 13.3. The van der Waals surface area contributed by atoms with Crippen LogP contribution in [0.4, 0.5) is 4.39 Å². The fourth-order valence-corrected chi connectivity index (χ4v) is 2.85. The van der Waals surface area contributed by atoms with E-state index in [4.69, 9.17) is 0 Å². The Balaban J connectivity index is 0.00000280. The first-order valence-electron chi connectivity index (χ1n) is 8.88. The Labute approximate surface area is 182 Å². The van der Waals surface area contributed by atoms with E-state index in [1.165, 1.54) is 0 Å². The first-order valence-corrected chi connectivity index (χ1v) is 8.88. The molecule has 7 heteroatoms. The highest BCUT2D eigenvalue weighted by atomic mass is 127. The topological polar surface area (TPSA) is 54.2 Å². The van der Waals surface area contributed by atoms with Crippen molar-refractivity contribution in [2.24, 2.45) is 4.99 Å². The lowest BCUT2D eigenvalue weighted by Crippen LogP contribution is -2.38. The van der Waals surface area contributed by atoms with Crippen molar-refractivity contribution in [3.8, 4) is 5.69 Å². The van der Waals surface area contributed by atoms with Crippen LogP contribution < -0.4 is 10.6 Å². The van der Waals surface area contributed by atoms with E-state index in [0.717, 1.165) is 16.8 Å². The molecule has 2 aromatic carbocycles. The molecule has 0 aliphatic heterocycles. The van der Waals surface area contributed by atoms with Crippen molar-refractivity contribution in [1.82, 2.24) is 20.2 Å². The number of benzene rings is 2. The number of aliphatic imine (C=N–C) groups is 1. The van der Waals surface area contributed by atoms with Crippen molar-refractivity contribution in [3.63, 3.8) is 0 Å². The van der Waals surface area contributed by atoms with Gasteiger partial charge in [-0.05, 0) is 42.7 Å². The molecule has 148 valence electrons. The third-order valence-corrected chi connectivity index (χ3v) is 4.49. The van der Waals surface area contributed by atoms with Crippen LogP contribution in [-0.4, -0.2) is 22.6 Å². The number of imidazole rings is 1. The molecule has 0 spiro atoms. The van der Waals surface area contributed by atoms with Crippen LogP contribution in [-0.2, 0) is 6.54 Å². The van der Waals surface area contributed by atoms with Gasteiger partial charge in [-0.15, -0.1) is 24.0 Å². The van der Waals surface area contributed by atoms with Gasteiger partial charge in [0.2, 0.25) is 0 Å². The van der Waals surface area contributed by atoms with E-state index in [9.17, 15) is 4.39 Å². The van der Waals surface area contributed by atoms with Gasteiger partial charge in [-0.25, -0.2) is 9.37 Å². The molecule has 0 saturated carbocycles. The van der Waals surface area contributed by atoms with E-state index in [-0.39, 0.29) is 35.8 Å². The molecule has 0 saturated heterocycles. The van der Waals surface area contributed by atoms with Crippen LogP contribution >= 0.6 is 24.0 Å². The number of halogens is 2. The second kappa shape index (κ2) is 10.2. The summed E-state index contributed by atoms with van der Waals surface area (Å²) < 4.78 is 15.8. The summed E-state index contributed by atoms with van der Waals surface area (Å²) in [4.78, 5) is 8.40. The van der Waals surface area contributed by atoms with E-state index in [0.29, 0.717) is 18.1 Å². The molecule has 5 nitrogen and oxygen atoms in total. The van der Waals surface area contributed by atoms with Crippen molar-refractivity contribution in [2.75, 3.05) is 7.05 Å². The van der Waals surface area contributed by atoms with Crippen LogP contribution in [0.1, 0.15) is 29.7 Å². The number of hydrogen-bond donors (Lipinski definition) is 2. The highest BCUT2D eigenvalue weighted by Gasteiger charge is 2.11. The van der Waals surface area contributed by atoms with E-state index < -0.39 is 0 Å². The summed E-state index contributed by atoms with van der Waals surface area (Å²) in [6.07, 6.45) is 5.45. The third kappa shape index (κ3) is 5.31. The molecule has 0 bridgehead atoms. The molecule has 2 N–H and O–H groups in total. The maximum absolute atomic E-state index is 13.8.